The molecule has 0 spiro atoms. The summed E-state index contributed by atoms with van der Waals surface area (Å²) in [6, 6.07) is 8.35. The van der Waals surface area contributed by atoms with E-state index in [-0.39, 0.29) is 0 Å². The fourth-order valence-electron chi connectivity index (χ4n) is 2.01. The standard InChI is InChI=1S/C13H13NO/c1-15-13-8-12-10(3-2-6-14-12)7-11(13)9-4-5-9/h2-3,6-9H,4-5H2,1H3. The molecule has 0 bridgehead atoms. The molecule has 1 aromatic heterocycles. The molecule has 1 heterocycles. The van der Waals surface area contributed by atoms with Gasteiger partial charge in [0.15, 0.2) is 0 Å². The van der Waals surface area contributed by atoms with Crippen LogP contribution >= 0.6 is 0 Å². The molecule has 2 heteroatoms. The van der Waals surface area contributed by atoms with Crippen LogP contribution in [0.25, 0.3) is 10.9 Å². The van der Waals surface area contributed by atoms with Crippen LogP contribution in [0.5, 0.6) is 5.75 Å². The molecule has 1 saturated carbocycles. The van der Waals surface area contributed by atoms with Crippen LogP contribution < -0.4 is 4.74 Å². The van der Waals surface area contributed by atoms with Crippen LogP contribution in [0.15, 0.2) is 30.5 Å². The van der Waals surface area contributed by atoms with Gasteiger partial charge in [-0.2, -0.15) is 0 Å². The van der Waals surface area contributed by atoms with E-state index in [1.165, 1.54) is 23.8 Å². The Balaban J connectivity index is 2.24. The minimum Gasteiger partial charge on any atom is -0.496 e. The average Bonchev–Trinajstić information content (AvgIpc) is 3.11. The van der Waals surface area contributed by atoms with E-state index >= 15 is 0 Å². The number of hydrogen-bond donors (Lipinski definition) is 0. The second-order valence-corrected chi connectivity index (χ2v) is 4.06. The summed E-state index contributed by atoms with van der Waals surface area (Å²) in [4.78, 5) is 4.33. The molecule has 76 valence electrons. The summed E-state index contributed by atoms with van der Waals surface area (Å²) >= 11 is 0. The van der Waals surface area contributed by atoms with Crippen LogP contribution in [0.4, 0.5) is 0 Å². The van der Waals surface area contributed by atoms with E-state index in [9.17, 15) is 0 Å². The normalized spacial score (nSPS) is 15.5. The predicted octanol–water partition coefficient (Wildman–Crippen LogP) is 3.12. The second-order valence-electron chi connectivity index (χ2n) is 4.06. The molecule has 2 nitrogen and oxygen atoms in total. The summed E-state index contributed by atoms with van der Waals surface area (Å²) in [7, 11) is 1.73. The number of pyridine rings is 1. The van der Waals surface area contributed by atoms with Gasteiger partial charge in [0.05, 0.1) is 12.6 Å². The minimum absolute atomic E-state index is 0.713. The van der Waals surface area contributed by atoms with Crippen molar-refractivity contribution in [2.24, 2.45) is 0 Å². The van der Waals surface area contributed by atoms with E-state index in [0.717, 1.165) is 11.3 Å². The molecule has 0 atom stereocenters. The van der Waals surface area contributed by atoms with E-state index in [0.29, 0.717) is 5.92 Å². The molecule has 15 heavy (non-hydrogen) atoms. The van der Waals surface area contributed by atoms with Gasteiger partial charge < -0.3 is 4.74 Å². The van der Waals surface area contributed by atoms with Crippen LogP contribution in [-0.2, 0) is 0 Å². The molecule has 0 radical (unpaired) electrons. The molecule has 1 aromatic carbocycles. The lowest BCUT2D eigenvalue weighted by Gasteiger charge is -2.08. The third kappa shape index (κ3) is 1.46. The van der Waals surface area contributed by atoms with Gasteiger partial charge in [0.25, 0.3) is 0 Å². The molecule has 3 rings (SSSR count). The Morgan fingerprint density at radius 1 is 1.33 bits per heavy atom. The third-order valence-corrected chi connectivity index (χ3v) is 2.97. The van der Waals surface area contributed by atoms with Crippen molar-refractivity contribution in [2.75, 3.05) is 7.11 Å². The number of benzene rings is 1. The summed E-state index contributed by atoms with van der Waals surface area (Å²) in [5, 5.41) is 1.21. The number of rotatable bonds is 2. The molecule has 1 aliphatic carbocycles. The van der Waals surface area contributed by atoms with Crippen molar-refractivity contribution in [2.45, 2.75) is 18.8 Å². The van der Waals surface area contributed by atoms with Crippen molar-refractivity contribution in [1.82, 2.24) is 4.98 Å². The Morgan fingerprint density at radius 2 is 2.20 bits per heavy atom. The summed E-state index contributed by atoms with van der Waals surface area (Å²) in [5.41, 5.74) is 2.36. The Labute approximate surface area is 88.9 Å². The maximum atomic E-state index is 5.41. The fourth-order valence-corrected chi connectivity index (χ4v) is 2.01. The highest BCUT2D eigenvalue weighted by Gasteiger charge is 2.26. The lowest BCUT2D eigenvalue weighted by molar-refractivity contribution is 0.410. The van der Waals surface area contributed by atoms with Gasteiger partial charge in [-0.25, -0.2) is 0 Å². The largest absolute Gasteiger partial charge is 0.496 e. The smallest absolute Gasteiger partial charge is 0.124 e. The molecular formula is C13H13NO. The monoisotopic (exact) mass is 199 g/mol. The topological polar surface area (TPSA) is 22.1 Å². The summed E-state index contributed by atoms with van der Waals surface area (Å²) in [6.07, 6.45) is 4.41. The number of fused-ring (bicyclic) bond motifs is 1. The first kappa shape index (κ1) is 8.72. The van der Waals surface area contributed by atoms with Gasteiger partial charge >= 0.3 is 0 Å². The van der Waals surface area contributed by atoms with Gasteiger partial charge in [-0.1, -0.05) is 6.07 Å². The van der Waals surface area contributed by atoms with E-state index in [2.05, 4.69) is 17.1 Å². The van der Waals surface area contributed by atoms with Crippen LogP contribution in [0.2, 0.25) is 0 Å². The Hall–Kier alpha value is -1.57. The SMILES string of the molecule is COc1cc2ncccc2cc1C1CC1. The summed E-state index contributed by atoms with van der Waals surface area (Å²) in [5.74, 6) is 1.70. The molecule has 0 N–H and O–H groups in total. The first-order valence-electron chi connectivity index (χ1n) is 5.31. The van der Waals surface area contributed by atoms with Gasteiger partial charge in [-0.15, -0.1) is 0 Å². The maximum Gasteiger partial charge on any atom is 0.124 e. The Morgan fingerprint density at radius 3 is 2.93 bits per heavy atom. The first-order valence-corrected chi connectivity index (χ1v) is 5.31. The van der Waals surface area contributed by atoms with Gasteiger partial charge in [0, 0.05) is 17.6 Å². The highest BCUT2D eigenvalue weighted by Crippen LogP contribution is 2.45. The van der Waals surface area contributed by atoms with E-state index in [1.807, 2.05) is 18.3 Å². The first-order chi connectivity index (χ1) is 7.38. The number of hydrogen-bond acceptors (Lipinski definition) is 2. The molecular weight excluding hydrogens is 186 g/mol. The van der Waals surface area contributed by atoms with Gasteiger partial charge in [-0.05, 0) is 36.5 Å². The molecule has 2 aromatic rings. The Kier molecular flexibility index (Phi) is 1.88. The predicted molar refractivity (Wildman–Crippen MR) is 60.3 cm³/mol. The zero-order valence-corrected chi connectivity index (χ0v) is 8.73. The zero-order chi connectivity index (χ0) is 10.3. The number of aromatic nitrogens is 1. The van der Waals surface area contributed by atoms with Crippen molar-refractivity contribution in [3.05, 3.63) is 36.0 Å². The third-order valence-electron chi connectivity index (χ3n) is 2.97. The van der Waals surface area contributed by atoms with Crippen LogP contribution in [0.3, 0.4) is 0 Å². The van der Waals surface area contributed by atoms with E-state index in [4.69, 9.17) is 4.74 Å². The maximum absolute atomic E-state index is 5.41. The Bertz CT molecular complexity index is 503. The van der Waals surface area contributed by atoms with Gasteiger partial charge in [0.1, 0.15) is 5.75 Å². The van der Waals surface area contributed by atoms with E-state index in [1.54, 1.807) is 7.11 Å². The van der Waals surface area contributed by atoms with E-state index < -0.39 is 0 Å². The quantitative estimate of drug-likeness (QED) is 0.741. The highest BCUT2D eigenvalue weighted by molar-refractivity contribution is 5.81. The van der Waals surface area contributed by atoms with Crippen molar-refractivity contribution >= 4 is 10.9 Å². The van der Waals surface area contributed by atoms with Crippen molar-refractivity contribution in [3.63, 3.8) is 0 Å². The van der Waals surface area contributed by atoms with Crippen LogP contribution in [-0.4, -0.2) is 12.1 Å². The van der Waals surface area contributed by atoms with Crippen molar-refractivity contribution in [3.8, 4) is 5.75 Å². The summed E-state index contributed by atoms with van der Waals surface area (Å²) in [6.45, 7) is 0. The van der Waals surface area contributed by atoms with Crippen LogP contribution in [0.1, 0.15) is 24.3 Å². The van der Waals surface area contributed by atoms with Crippen molar-refractivity contribution in [1.29, 1.82) is 0 Å². The molecule has 0 saturated heterocycles. The summed E-state index contributed by atoms with van der Waals surface area (Å²) < 4.78 is 5.41. The highest BCUT2D eigenvalue weighted by atomic mass is 16.5. The lowest BCUT2D eigenvalue weighted by atomic mass is 10.1. The molecule has 1 aliphatic rings. The minimum atomic E-state index is 0.713. The second kappa shape index (κ2) is 3.23. The van der Waals surface area contributed by atoms with Crippen LogP contribution in [0, 0.1) is 0 Å². The molecule has 0 aliphatic heterocycles. The lowest BCUT2D eigenvalue weighted by Crippen LogP contribution is -1.91. The van der Waals surface area contributed by atoms with Crippen molar-refractivity contribution < 1.29 is 4.74 Å². The fraction of sp³-hybridized carbons (Fsp3) is 0.308. The van der Waals surface area contributed by atoms with Gasteiger partial charge in [0.2, 0.25) is 0 Å². The number of ether oxygens (including phenoxy) is 1. The number of nitrogens with zero attached hydrogens (tertiary/aromatic N) is 1. The molecule has 1 fully saturated rings. The molecule has 0 amide bonds. The molecule has 0 unspecified atom stereocenters. The zero-order valence-electron chi connectivity index (χ0n) is 8.73. The van der Waals surface area contributed by atoms with Gasteiger partial charge in [-0.3, -0.25) is 4.98 Å². The number of methoxy groups -OCH3 is 1. The average molecular weight is 199 g/mol.